The molecule has 1 aromatic heterocycles. The Hall–Kier alpha value is -2.29. The van der Waals surface area contributed by atoms with E-state index in [1.807, 2.05) is 0 Å². The van der Waals surface area contributed by atoms with Crippen molar-refractivity contribution in [1.82, 2.24) is 15.2 Å². The van der Waals surface area contributed by atoms with E-state index in [9.17, 15) is 9.59 Å². The number of thiazole rings is 1. The maximum atomic E-state index is 12.3. The number of hydrogen-bond acceptors (Lipinski definition) is 6. The molecule has 7 nitrogen and oxygen atoms in total. The summed E-state index contributed by atoms with van der Waals surface area (Å²) in [6.45, 7) is 8.00. The quantitative estimate of drug-likeness (QED) is 0.577. The lowest BCUT2D eigenvalue weighted by Gasteiger charge is -2.18. The van der Waals surface area contributed by atoms with E-state index in [0.29, 0.717) is 36.5 Å². The van der Waals surface area contributed by atoms with Gasteiger partial charge in [0.15, 0.2) is 0 Å². The van der Waals surface area contributed by atoms with Gasteiger partial charge in [-0.2, -0.15) is 0 Å². The fraction of sp³-hybridized carbons (Fsp3) is 0.421. The number of nitrogens with one attached hydrogen (secondary N) is 2. The summed E-state index contributed by atoms with van der Waals surface area (Å²) in [6, 6.07) is 6.88. The van der Waals surface area contributed by atoms with Crippen LogP contribution in [0.15, 0.2) is 29.6 Å². The van der Waals surface area contributed by atoms with Crippen LogP contribution in [0.5, 0.6) is 0 Å². The second-order valence-electron chi connectivity index (χ2n) is 5.98. The molecule has 8 heteroatoms. The number of nitrogens with zero attached hydrogens (tertiary/aromatic N) is 2. The molecule has 1 aromatic carbocycles. The maximum absolute atomic E-state index is 12.3. The van der Waals surface area contributed by atoms with Crippen LogP contribution in [-0.2, 0) is 6.42 Å². The summed E-state index contributed by atoms with van der Waals surface area (Å²) in [5, 5.41) is 8.25. The monoisotopic (exact) mass is 389 g/mol. The number of benzene rings is 1. The molecule has 2 aromatic rings. The van der Waals surface area contributed by atoms with E-state index in [1.165, 1.54) is 11.3 Å². The highest BCUT2D eigenvalue weighted by Crippen LogP contribution is 2.14. The van der Waals surface area contributed by atoms with Gasteiger partial charge in [0, 0.05) is 36.1 Å². The summed E-state index contributed by atoms with van der Waals surface area (Å²) in [7, 11) is 0. The fourth-order valence-electron chi connectivity index (χ4n) is 2.56. The molecule has 1 heterocycles. The average molecular weight is 390 g/mol. The van der Waals surface area contributed by atoms with E-state index in [1.54, 1.807) is 29.6 Å². The van der Waals surface area contributed by atoms with Gasteiger partial charge in [0.05, 0.1) is 5.01 Å². The van der Waals surface area contributed by atoms with Gasteiger partial charge in [-0.25, -0.2) is 4.98 Å². The molecule has 0 radical (unpaired) electrons. The van der Waals surface area contributed by atoms with Gasteiger partial charge in [-0.3, -0.25) is 9.59 Å². The molecule has 2 rings (SSSR count). The standard InChI is InChI=1S/C19H27N5O2S/c1-3-24(4-2)11-10-21-18(25)14-6-5-7-15(12-14)22-19(26)16-13-27-17(23-16)8-9-20/h5-7,12-13H,3-4,8-11,20H2,1-2H3,(H,21,25)(H,22,26). The normalized spacial score (nSPS) is 10.8. The van der Waals surface area contributed by atoms with Crippen LogP contribution in [0.25, 0.3) is 0 Å². The number of rotatable bonds is 10. The van der Waals surface area contributed by atoms with Gasteiger partial charge < -0.3 is 21.3 Å². The van der Waals surface area contributed by atoms with Gasteiger partial charge in [-0.15, -0.1) is 11.3 Å². The Morgan fingerprint density at radius 2 is 2.00 bits per heavy atom. The first kappa shape index (κ1) is 21.0. The minimum atomic E-state index is -0.298. The number of amides is 2. The van der Waals surface area contributed by atoms with Gasteiger partial charge in [-0.05, 0) is 37.8 Å². The largest absolute Gasteiger partial charge is 0.351 e. The minimum Gasteiger partial charge on any atom is -0.351 e. The van der Waals surface area contributed by atoms with E-state index in [4.69, 9.17) is 5.73 Å². The van der Waals surface area contributed by atoms with Crippen molar-refractivity contribution < 1.29 is 9.59 Å². The second-order valence-corrected chi connectivity index (χ2v) is 6.93. The molecule has 0 saturated carbocycles. The zero-order valence-electron chi connectivity index (χ0n) is 15.8. The van der Waals surface area contributed by atoms with Crippen molar-refractivity contribution in [2.45, 2.75) is 20.3 Å². The zero-order valence-corrected chi connectivity index (χ0v) is 16.6. The Morgan fingerprint density at radius 1 is 1.22 bits per heavy atom. The molecule has 0 bridgehead atoms. The molecule has 0 unspecified atom stereocenters. The Kier molecular flexibility index (Phi) is 8.38. The van der Waals surface area contributed by atoms with Crippen LogP contribution in [0, 0.1) is 0 Å². The highest BCUT2D eigenvalue weighted by molar-refractivity contribution is 7.09. The van der Waals surface area contributed by atoms with Crippen molar-refractivity contribution in [3.05, 3.63) is 45.9 Å². The molecular formula is C19H27N5O2S. The topological polar surface area (TPSA) is 100 Å². The van der Waals surface area contributed by atoms with Crippen molar-refractivity contribution in [2.24, 2.45) is 5.73 Å². The zero-order chi connectivity index (χ0) is 19.6. The fourth-order valence-corrected chi connectivity index (χ4v) is 3.35. The number of likely N-dealkylation sites (N-methyl/N-ethyl adjacent to an activating group) is 1. The number of nitrogens with two attached hydrogens (primary N) is 1. The highest BCUT2D eigenvalue weighted by Gasteiger charge is 2.12. The lowest BCUT2D eigenvalue weighted by atomic mass is 10.2. The molecule has 0 spiro atoms. The van der Waals surface area contributed by atoms with Crippen LogP contribution in [0.4, 0.5) is 5.69 Å². The van der Waals surface area contributed by atoms with E-state index in [2.05, 4.69) is 34.4 Å². The molecular weight excluding hydrogens is 362 g/mol. The first-order chi connectivity index (χ1) is 13.1. The third-order valence-corrected chi connectivity index (χ3v) is 5.04. The Balaban J connectivity index is 1.93. The lowest BCUT2D eigenvalue weighted by molar-refractivity contribution is 0.0947. The second kappa shape index (κ2) is 10.8. The molecule has 0 atom stereocenters. The summed E-state index contributed by atoms with van der Waals surface area (Å²) in [5.41, 5.74) is 6.93. The molecule has 0 saturated heterocycles. The minimum absolute atomic E-state index is 0.155. The van der Waals surface area contributed by atoms with Crippen molar-refractivity contribution in [2.75, 3.05) is 38.0 Å². The Bertz CT molecular complexity index is 758. The first-order valence-electron chi connectivity index (χ1n) is 9.13. The van der Waals surface area contributed by atoms with E-state index >= 15 is 0 Å². The maximum Gasteiger partial charge on any atom is 0.275 e. The molecule has 2 amide bonds. The van der Waals surface area contributed by atoms with Crippen molar-refractivity contribution in [1.29, 1.82) is 0 Å². The number of aromatic nitrogens is 1. The predicted octanol–water partition coefficient (Wildman–Crippen LogP) is 1.97. The van der Waals surface area contributed by atoms with E-state index in [0.717, 1.165) is 24.6 Å². The molecule has 0 aliphatic heterocycles. The summed E-state index contributed by atoms with van der Waals surface area (Å²) < 4.78 is 0. The van der Waals surface area contributed by atoms with Crippen molar-refractivity contribution >= 4 is 28.8 Å². The van der Waals surface area contributed by atoms with Crippen LogP contribution in [-0.4, -0.2) is 54.4 Å². The van der Waals surface area contributed by atoms with Gasteiger partial charge in [0.1, 0.15) is 5.69 Å². The molecule has 0 aliphatic rings. The van der Waals surface area contributed by atoms with E-state index < -0.39 is 0 Å². The smallest absolute Gasteiger partial charge is 0.275 e. The van der Waals surface area contributed by atoms with Gasteiger partial charge >= 0.3 is 0 Å². The van der Waals surface area contributed by atoms with Crippen LogP contribution in [0.3, 0.4) is 0 Å². The van der Waals surface area contributed by atoms with Gasteiger partial charge in [0.2, 0.25) is 0 Å². The molecule has 4 N–H and O–H groups in total. The Labute approximate surface area is 164 Å². The summed E-state index contributed by atoms with van der Waals surface area (Å²) in [6.07, 6.45) is 0.654. The summed E-state index contributed by atoms with van der Waals surface area (Å²) in [5.74, 6) is -0.453. The van der Waals surface area contributed by atoms with Crippen LogP contribution >= 0.6 is 11.3 Å². The molecule has 0 aliphatic carbocycles. The van der Waals surface area contributed by atoms with Gasteiger partial charge in [-0.1, -0.05) is 19.9 Å². The average Bonchev–Trinajstić information content (AvgIpc) is 3.14. The number of carbonyl (C=O) groups excluding carboxylic acids is 2. The lowest BCUT2D eigenvalue weighted by Crippen LogP contribution is -2.34. The SMILES string of the molecule is CCN(CC)CCNC(=O)c1cccc(NC(=O)c2csc(CCN)n2)c1. The van der Waals surface area contributed by atoms with Crippen molar-refractivity contribution in [3.8, 4) is 0 Å². The summed E-state index contributed by atoms with van der Waals surface area (Å²) >= 11 is 1.42. The van der Waals surface area contributed by atoms with Crippen LogP contribution in [0.2, 0.25) is 0 Å². The number of anilines is 1. The van der Waals surface area contributed by atoms with Crippen LogP contribution < -0.4 is 16.4 Å². The highest BCUT2D eigenvalue weighted by atomic mass is 32.1. The molecule has 27 heavy (non-hydrogen) atoms. The predicted molar refractivity (Wildman–Crippen MR) is 109 cm³/mol. The van der Waals surface area contributed by atoms with Crippen LogP contribution in [0.1, 0.15) is 39.7 Å². The third kappa shape index (κ3) is 6.42. The summed E-state index contributed by atoms with van der Waals surface area (Å²) in [4.78, 5) is 31.2. The number of hydrogen-bond donors (Lipinski definition) is 3. The van der Waals surface area contributed by atoms with Crippen molar-refractivity contribution in [3.63, 3.8) is 0 Å². The number of carbonyl (C=O) groups is 2. The van der Waals surface area contributed by atoms with E-state index in [-0.39, 0.29) is 11.8 Å². The Morgan fingerprint density at radius 3 is 2.70 bits per heavy atom. The van der Waals surface area contributed by atoms with Gasteiger partial charge in [0.25, 0.3) is 11.8 Å². The third-order valence-electron chi connectivity index (χ3n) is 4.13. The molecule has 0 fully saturated rings. The molecule has 146 valence electrons. The first-order valence-corrected chi connectivity index (χ1v) is 10.0.